The number of hydrogen-bond donors (Lipinski definition) is 3. The first kappa shape index (κ1) is 20.0. The van der Waals surface area contributed by atoms with Crippen LogP contribution in [0.25, 0.3) is 0 Å². The highest BCUT2D eigenvalue weighted by Gasteiger charge is 2.23. The smallest absolute Gasteiger partial charge is 0.326 e. The Hall–Kier alpha value is -2.08. The number of carboxylic acid groups (broad SMARTS) is 1. The van der Waals surface area contributed by atoms with Gasteiger partial charge in [-0.05, 0) is 30.5 Å². The minimum Gasteiger partial charge on any atom is -0.480 e. The maximum atomic E-state index is 12.4. The molecule has 132 valence electrons. The number of benzene rings is 1. The Morgan fingerprint density at radius 2 is 1.79 bits per heavy atom. The van der Waals surface area contributed by atoms with Crippen LogP contribution in [0.2, 0.25) is 5.02 Å². The first-order chi connectivity index (χ1) is 11.1. The number of hydrogen-bond acceptors (Lipinski definition) is 3. The van der Waals surface area contributed by atoms with Gasteiger partial charge in [0.2, 0.25) is 5.91 Å². The molecular weight excluding hydrogens is 332 g/mol. The molecule has 0 unspecified atom stereocenters. The second kappa shape index (κ2) is 8.68. The van der Waals surface area contributed by atoms with E-state index in [1.807, 2.05) is 13.8 Å². The summed E-state index contributed by atoms with van der Waals surface area (Å²) in [5, 5.41) is 14.6. The third-order valence-corrected chi connectivity index (χ3v) is 3.64. The van der Waals surface area contributed by atoms with Gasteiger partial charge in [0.05, 0.1) is 10.6 Å². The molecular formula is C17H23ClN2O4. The summed E-state index contributed by atoms with van der Waals surface area (Å²) in [5.74, 6) is -1.98. The lowest BCUT2D eigenvalue weighted by molar-refractivity contribution is -0.139. The molecule has 0 heterocycles. The van der Waals surface area contributed by atoms with Gasteiger partial charge in [-0.2, -0.15) is 0 Å². The van der Waals surface area contributed by atoms with E-state index in [0.29, 0.717) is 12.1 Å². The zero-order chi connectivity index (χ0) is 18.4. The third kappa shape index (κ3) is 5.85. The van der Waals surface area contributed by atoms with Crippen LogP contribution < -0.4 is 10.6 Å². The van der Waals surface area contributed by atoms with Crippen LogP contribution in [-0.4, -0.2) is 28.9 Å². The first-order valence-corrected chi connectivity index (χ1v) is 8.13. The van der Waals surface area contributed by atoms with Crippen molar-refractivity contribution >= 4 is 35.1 Å². The summed E-state index contributed by atoms with van der Waals surface area (Å²) in [6.45, 7) is 7.25. The standard InChI is InChI=1S/C17H23ClN2O4/c1-9(2)7-14(17(23)24)20-16(22)12-8-11(5-6-13(12)18)19-15(21)10(3)4/h5-6,8-10,14H,7H2,1-4H3,(H,19,21)(H,20,22)(H,23,24)/t14-/m0/s1. The molecule has 0 aliphatic heterocycles. The number of aliphatic carboxylic acids is 1. The predicted molar refractivity (Wildman–Crippen MR) is 93.3 cm³/mol. The number of rotatable bonds is 7. The highest BCUT2D eigenvalue weighted by atomic mass is 35.5. The lowest BCUT2D eigenvalue weighted by Gasteiger charge is -2.17. The van der Waals surface area contributed by atoms with E-state index >= 15 is 0 Å². The molecule has 2 amide bonds. The van der Waals surface area contributed by atoms with Crippen LogP contribution in [-0.2, 0) is 9.59 Å². The predicted octanol–water partition coefficient (Wildman–Crippen LogP) is 3.16. The van der Waals surface area contributed by atoms with Crippen molar-refractivity contribution in [2.45, 2.75) is 40.2 Å². The molecule has 0 radical (unpaired) electrons. The van der Waals surface area contributed by atoms with Crippen molar-refractivity contribution in [1.82, 2.24) is 5.32 Å². The molecule has 0 aromatic heterocycles. The van der Waals surface area contributed by atoms with E-state index in [2.05, 4.69) is 10.6 Å². The van der Waals surface area contributed by atoms with Crippen LogP contribution in [0.5, 0.6) is 0 Å². The Balaban J connectivity index is 2.96. The van der Waals surface area contributed by atoms with Gasteiger partial charge in [-0.15, -0.1) is 0 Å². The number of amides is 2. The average Bonchev–Trinajstić information content (AvgIpc) is 2.47. The summed E-state index contributed by atoms with van der Waals surface area (Å²) in [6, 6.07) is 3.52. The Labute approximate surface area is 146 Å². The topological polar surface area (TPSA) is 95.5 Å². The monoisotopic (exact) mass is 354 g/mol. The number of carboxylic acids is 1. The molecule has 1 aromatic carbocycles. The molecule has 1 aromatic rings. The summed E-state index contributed by atoms with van der Waals surface area (Å²) >= 11 is 6.04. The first-order valence-electron chi connectivity index (χ1n) is 7.75. The number of carbonyl (C=O) groups excluding carboxylic acids is 2. The fourth-order valence-corrected chi connectivity index (χ4v) is 2.20. The number of anilines is 1. The van der Waals surface area contributed by atoms with Crippen LogP contribution >= 0.6 is 11.6 Å². The molecule has 0 spiro atoms. The highest BCUT2D eigenvalue weighted by Crippen LogP contribution is 2.21. The maximum Gasteiger partial charge on any atom is 0.326 e. The summed E-state index contributed by atoms with van der Waals surface area (Å²) in [5.41, 5.74) is 0.548. The van der Waals surface area contributed by atoms with Gasteiger partial charge in [-0.25, -0.2) is 4.79 Å². The molecule has 1 atom stereocenters. The summed E-state index contributed by atoms with van der Waals surface area (Å²) in [7, 11) is 0. The summed E-state index contributed by atoms with van der Waals surface area (Å²) < 4.78 is 0. The van der Waals surface area contributed by atoms with Gasteiger partial charge in [0.1, 0.15) is 6.04 Å². The lowest BCUT2D eigenvalue weighted by Crippen LogP contribution is -2.41. The molecule has 0 bridgehead atoms. The van der Waals surface area contributed by atoms with Gasteiger partial charge in [-0.3, -0.25) is 9.59 Å². The Bertz CT molecular complexity index is 629. The molecule has 1 rings (SSSR count). The second-order valence-electron chi connectivity index (χ2n) is 6.33. The van der Waals surface area contributed by atoms with E-state index in [4.69, 9.17) is 11.6 Å². The lowest BCUT2D eigenvalue weighted by atomic mass is 10.0. The van der Waals surface area contributed by atoms with Gasteiger partial charge in [-0.1, -0.05) is 39.3 Å². The van der Waals surface area contributed by atoms with E-state index in [-0.39, 0.29) is 28.3 Å². The van der Waals surface area contributed by atoms with Crippen LogP contribution in [0, 0.1) is 11.8 Å². The van der Waals surface area contributed by atoms with E-state index < -0.39 is 17.9 Å². The zero-order valence-electron chi connectivity index (χ0n) is 14.2. The van der Waals surface area contributed by atoms with Crippen LogP contribution in [0.15, 0.2) is 18.2 Å². The third-order valence-electron chi connectivity index (χ3n) is 3.31. The van der Waals surface area contributed by atoms with Crippen LogP contribution in [0.4, 0.5) is 5.69 Å². The van der Waals surface area contributed by atoms with Crippen molar-refractivity contribution in [3.05, 3.63) is 28.8 Å². The molecule has 0 saturated carbocycles. The minimum absolute atomic E-state index is 0.110. The fraction of sp³-hybridized carbons (Fsp3) is 0.471. The van der Waals surface area contributed by atoms with E-state index in [1.165, 1.54) is 12.1 Å². The van der Waals surface area contributed by atoms with Gasteiger partial charge in [0, 0.05) is 11.6 Å². The van der Waals surface area contributed by atoms with Crippen molar-refractivity contribution in [3.8, 4) is 0 Å². The Kier molecular flexibility index (Phi) is 7.22. The molecule has 7 heteroatoms. The highest BCUT2D eigenvalue weighted by molar-refractivity contribution is 6.34. The number of carbonyl (C=O) groups is 3. The fourth-order valence-electron chi connectivity index (χ4n) is 1.99. The number of halogens is 1. The molecule has 0 saturated heterocycles. The van der Waals surface area contributed by atoms with Crippen molar-refractivity contribution in [2.24, 2.45) is 11.8 Å². The van der Waals surface area contributed by atoms with Gasteiger partial charge in [0.15, 0.2) is 0 Å². The van der Waals surface area contributed by atoms with E-state index in [0.717, 1.165) is 0 Å². The van der Waals surface area contributed by atoms with Crippen molar-refractivity contribution in [1.29, 1.82) is 0 Å². The molecule has 0 fully saturated rings. The van der Waals surface area contributed by atoms with Crippen molar-refractivity contribution < 1.29 is 19.5 Å². The van der Waals surface area contributed by atoms with Gasteiger partial charge >= 0.3 is 5.97 Å². The quantitative estimate of drug-likeness (QED) is 0.700. The molecule has 0 aliphatic carbocycles. The second-order valence-corrected chi connectivity index (χ2v) is 6.74. The summed E-state index contributed by atoms with van der Waals surface area (Å²) in [6.07, 6.45) is 0.308. The Morgan fingerprint density at radius 1 is 1.17 bits per heavy atom. The minimum atomic E-state index is -1.10. The Morgan fingerprint density at radius 3 is 2.29 bits per heavy atom. The maximum absolute atomic E-state index is 12.4. The van der Waals surface area contributed by atoms with Crippen molar-refractivity contribution in [2.75, 3.05) is 5.32 Å². The van der Waals surface area contributed by atoms with Crippen LogP contribution in [0.3, 0.4) is 0 Å². The summed E-state index contributed by atoms with van der Waals surface area (Å²) in [4.78, 5) is 35.4. The zero-order valence-corrected chi connectivity index (χ0v) is 15.0. The van der Waals surface area contributed by atoms with Crippen molar-refractivity contribution in [3.63, 3.8) is 0 Å². The molecule has 3 N–H and O–H groups in total. The van der Waals surface area contributed by atoms with Crippen LogP contribution in [0.1, 0.15) is 44.5 Å². The largest absolute Gasteiger partial charge is 0.480 e. The van der Waals surface area contributed by atoms with Gasteiger partial charge < -0.3 is 15.7 Å². The van der Waals surface area contributed by atoms with E-state index in [9.17, 15) is 19.5 Å². The normalized spacial score (nSPS) is 12.1. The molecule has 24 heavy (non-hydrogen) atoms. The molecule has 0 aliphatic rings. The SMILES string of the molecule is CC(C)C[C@H](NC(=O)c1cc(NC(=O)C(C)C)ccc1Cl)C(=O)O. The average molecular weight is 355 g/mol. The van der Waals surface area contributed by atoms with E-state index in [1.54, 1.807) is 19.9 Å². The molecule has 6 nitrogen and oxygen atoms in total. The van der Waals surface area contributed by atoms with Gasteiger partial charge in [0.25, 0.3) is 5.91 Å². The number of nitrogens with one attached hydrogen (secondary N) is 2.